The fourth-order valence-corrected chi connectivity index (χ4v) is 3.56. The first kappa shape index (κ1) is 28.3. The average Bonchev–Trinajstić information content (AvgIpc) is 2.68. The molecular formula is C22H24Na2O5. The van der Waals surface area contributed by atoms with Gasteiger partial charge < -0.3 is 24.9 Å². The van der Waals surface area contributed by atoms with E-state index in [9.17, 15) is 24.9 Å². The third-order valence-electron chi connectivity index (χ3n) is 5.04. The predicted molar refractivity (Wildman–Crippen MR) is 97.5 cm³/mol. The van der Waals surface area contributed by atoms with Gasteiger partial charge in [0.1, 0.15) is 5.60 Å². The van der Waals surface area contributed by atoms with Gasteiger partial charge in [-0.15, -0.1) is 0 Å². The summed E-state index contributed by atoms with van der Waals surface area (Å²) in [5, 5.41) is 33.4. The minimum Gasteiger partial charge on any atom is -0.550 e. The molecule has 0 aliphatic rings. The Labute approximate surface area is 216 Å². The number of carboxylic acid groups (broad SMARTS) is 2. The van der Waals surface area contributed by atoms with Crippen molar-refractivity contribution < 1.29 is 84.0 Å². The molecule has 0 bridgehead atoms. The molecule has 29 heavy (non-hydrogen) atoms. The Morgan fingerprint density at radius 1 is 0.931 bits per heavy atom. The Morgan fingerprint density at radius 3 is 1.97 bits per heavy atom. The molecule has 0 aliphatic carbocycles. The molecule has 144 valence electrons. The van der Waals surface area contributed by atoms with E-state index in [4.69, 9.17) is 0 Å². The van der Waals surface area contributed by atoms with Crippen LogP contribution in [0.25, 0.3) is 0 Å². The molecule has 2 aromatic rings. The number of benzene rings is 2. The quantitative estimate of drug-likeness (QED) is 0.313. The van der Waals surface area contributed by atoms with E-state index in [0.29, 0.717) is 31.2 Å². The summed E-state index contributed by atoms with van der Waals surface area (Å²) >= 11 is 0. The fourth-order valence-electron chi connectivity index (χ4n) is 3.56. The van der Waals surface area contributed by atoms with Crippen molar-refractivity contribution in [2.45, 2.75) is 44.6 Å². The largest absolute Gasteiger partial charge is 1.00 e. The van der Waals surface area contributed by atoms with Crippen molar-refractivity contribution in [2.24, 2.45) is 5.92 Å². The number of aromatic carboxylic acids is 1. The number of carboxylic acids is 2. The monoisotopic (exact) mass is 414 g/mol. The van der Waals surface area contributed by atoms with Crippen molar-refractivity contribution in [3.05, 3.63) is 71.3 Å². The van der Waals surface area contributed by atoms with Gasteiger partial charge in [0.2, 0.25) is 0 Å². The minimum absolute atomic E-state index is 0. The van der Waals surface area contributed by atoms with E-state index in [1.54, 1.807) is 12.1 Å². The minimum atomic E-state index is -1.30. The molecule has 0 aliphatic heterocycles. The van der Waals surface area contributed by atoms with Gasteiger partial charge in [-0.2, -0.15) is 0 Å². The molecule has 0 spiro atoms. The molecule has 0 radical (unpaired) electrons. The summed E-state index contributed by atoms with van der Waals surface area (Å²) in [6.45, 7) is 1.98. The van der Waals surface area contributed by atoms with Crippen molar-refractivity contribution in [3.8, 4) is 0 Å². The van der Waals surface area contributed by atoms with E-state index >= 15 is 0 Å². The Bertz CT molecular complexity index is 765. The molecule has 2 rings (SSSR count). The molecule has 0 amide bonds. The smallest absolute Gasteiger partial charge is 0.550 e. The van der Waals surface area contributed by atoms with Gasteiger partial charge in [-0.1, -0.05) is 67.9 Å². The van der Waals surface area contributed by atoms with Gasteiger partial charge in [-0.05, 0) is 48.3 Å². The van der Waals surface area contributed by atoms with Crippen LogP contribution in [0.4, 0.5) is 0 Å². The zero-order valence-corrected chi connectivity index (χ0v) is 21.4. The Balaban J connectivity index is 0.00000392. The van der Waals surface area contributed by atoms with Gasteiger partial charge in [0.05, 0.1) is 5.97 Å². The van der Waals surface area contributed by atoms with Crippen LogP contribution in [0.5, 0.6) is 0 Å². The number of unbranched alkanes of at least 4 members (excludes halogenated alkanes) is 1. The number of aliphatic carboxylic acids is 1. The normalized spacial score (nSPS) is 13.3. The van der Waals surface area contributed by atoms with Gasteiger partial charge in [0.25, 0.3) is 0 Å². The van der Waals surface area contributed by atoms with Crippen LogP contribution in [0.2, 0.25) is 0 Å². The summed E-state index contributed by atoms with van der Waals surface area (Å²) in [7, 11) is 0. The van der Waals surface area contributed by atoms with Crippen molar-refractivity contribution in [1.29, 1.82) is 0 Å². The summed E-state index contributed by atoms with van der Waals surface area (Å²) in [6, 6.07) is 15.3. The van der Waals surface area contributed by atoms with Gasteiger partial charge in [0, 0.05) is 5.97 Å². The second kappa shape index (κ2) is 13.6. The third-order valence-corrected chi connectivity index (χ3v) is 5.04. The first-order chi connectivity index (χ1) is 12.9. The summed E-state index contributed by atoms with van der Waals surface area (Å²) in [4.78, 5) is 21.7. The molecule has 0 fully saturated rings. The van der Waals surface area contributed by atoms with E-state index in [-0.39, 0.29) is 77.0 Å². The van der Waals surface area contributed by atoms with Crippen molar-refractivity contribution in [1.82, 2.24) is 0 Å². The number of carbonyl (C=O) groups excluding carboxylic acids is 2. The molecule has 5 nitrogen and oxygen atoms in total. The van der Waals surface area contributed by atoms with Crippen LogP contribution >= 0.6 is 0 Å². The zero-order chi connectivity index (χ0) is 19.9. The molecule has 0 saturated carbocycles. The number of aliphatic hydroxyl groups is 1. The average molecular weight is 414 g/mol. The second-order valence-corrected chi connectivity index (χ2v) is 6.72. The Kier molecular flexibility index (Phi) is 13.3. The van der Waals surface area contributed by atoms with E-state index in [1.165, 1.54) is 12.1 Å². The maximum atomic E-state index is 11.8. The zero-order valence-electron chi connectivity index (χ0n) is 17.4. The van der Waals surface area contributed by atoms with Crippen LogP contribution in [-0.2, 0) is 10.4 Å². The SMILES string of the molecule is CCC(CCCCC(=O)[O-])C(O)(c1ccccc1)c1ccc(C(=O)[O-])cc1.[Na+].[Na+]. The number of rotatable bonds is 10. The molecule has 7 heteroatoms. The first-order valence-electron chi connectivity index (χ1n) is 9.19. The van der Waals surface area contributed by atoms with E-state index < -0.39 is 17.5 Å². The summed E-state index contributed by atoms with van der Waals surface area (Å²) in [5.41, 5.74) is 0.0710. The summed E-state index contributed by atoms with van der Waals surface area (Å²) in [5.74, 6) is -2.49. The van der Waals surface area contributed by atoms with Crippen LogP contribution in [0.3, 0.4) is 0 Å². The molecule has 2 aromatic carbocycles. The van der Waals surface area contributed by atoms with Crippen LogP contribution in [0, 0.1) is 5.92 Å². The predicted octanol–water partition coefficient (Wildman–Crippen LogP) is -4.37. The fraction of sp³-hybridized carbons (Fsp3) is 0.364. The molecular weight excluding hydrogens is 390 g/mol. The van der Waals surface area contributed by atoms with Crippen LogP contribution in [0.15, 0.2) is 54.6 Å². The molecule has 2 unspecified atom stereocenters. The third kappa shape index (κ3) is 7.51. The van der Waals surface area contributed by atoms with E-state index in [0.717, 1.165) is 5.56 Å². The number of hydrogen-bond acceptors (Lipinski definition) is 5. The standard InChI is InChI=1S/C22H26O5.2Na/c1-2-17(8-6-7-11-20(23)24)22(27,18-9-4-3-5-10-18)19-14-12-16(13-15-19)21(25)26;;/h3-5,9-10,12-15,17,27H,2,6-8,11H2,1H3,(H,23,24)(H,25,26);;/q;2*+1/p-2. The van der Waals surface area contributed by atoms with E-state index in [1.807, 2.05) is 37.3 Å². The van der Waals surface area contributed by atoms with Gasteiger partial charge in [-0.3, -0.25) is 0 Å². The van der Waals surface area contributed by atoms with Crippen LogP contribution < -0.4 is 69.3 Å². The summed E-state index contributed by atoms with van der Waals surface area (Å²) < 4.78 is 0. The van der Waals surface area contributed by atoms with Crippen LogP contribution in [-0.4, -0.2) is 17.0 Å². The summed E-state index contributed by atoms with van der Waals surface area (Å²) in [6.07, 6.45) is 2.46. The molecule has 2 atom stereocenters. The van der Waals surface area contributed by atoms with Crippen molar-refractivity contribution >= 4 is 11.9 Å². The van der Waals surface area contributed by atoms with Gasteiger partial charge in [0.15, 0.2) is 0 Å². The van der Waals surface area contributed by atoms with Crippen molar-refractivity contribution in [3.63, 3.8) is 0 Å². The molecule has 0 saturated heterocycles. The first-order valence-corrected chi connectivity index (χ1v) is 9.19. The Hall–Kier alpha value is -0.660. The van der Waals surface area contributed by atoms with Gasteiger partial charge >= 0.3 is 59.1 Å². The molecule has 1 N–H and O–H groups in total. The molecule has 0 heterocycles. The number of carbonyl (C=O) groups is 2. The van der Waals surface area contributed by atoms with Crippen LogP contribution in [0.1, 0.15) is 60.5 Å². The topological polar surface area (TPSA) is 100 Å². The number of hydrogen-bond donors (Lipinski definition) is 1. The maximum absolute atomic E-state index is 11.8. The second-order valence-electron chi connectivity index (χ2n) is 6.72. The van der Waals surface area contributed by atoms with E-state index in [2.05, 4.69) is 0 Å². The Morgan fingerprint density at radius 2 is 1.48 bits per heavy atom. The van der Waals surface area contributed by atoms with Crippen molar-refractivity contribution in [2.75, 3.05) is 0 Å². The molecule has 0 aromatic heterocycles. The maximum Gasteiger partial charge on any atom is 1.00 e. The van der Waals surface area contributed by atoms with Gasteiger partial charge in [-0.25, -0.2) is 0 Å².